The van der Waals surface area contributed by atoms with E-state index in [-0.39, 0.29) is 18.3 Å². The Kier molecular flexibility index (Phi) is 8.21. The number of primary amides is 1. The zero-order valence-electron chi connectivity index (χ0n) is 13.1. The molecule has 0 aliphatic carbocycles. The molecule has 5 nitrogen and oxygen atoms in total. The summed E-state index contributed by atoms with van der Waals surface area (Å²) in [7, 11) is 1.96. The monoisotopic (exact) mass is 387 g/mol. The lowest BCUT2D eigenvalue weighted by Gasteiger charge is -2.15. The van der Waals surface area contributed by atoms with Gasteiger partial charge in [-0.05, 0) is 43.4 Å². The van der Waals surface area contributed by atoms with Crippen LogP contribution in [0.4, 0.5) is 5.69 Å². The molecule has 0 fully saturated rings. The largest absolute Gasteiger partial charge is 0.366 e. The molecule has 0 unspecified atom stereocenters. The van der Waals surface area contributed by atoms with E-state index in [0.29, 0.717) is 24.2 Å². The van der Waals surface area contributed by atoms with Gasteiger partial charge in [-0.3, -0.25) is 9.59 Å². The highest BCUT2D eigenvalue weighted by molar-refractivity contribution is 7.16. The fourth-order valence-corrected chi connectivity index (χ4v) is 3.18. The standard InChI is InChI=1S/C16H18ClN3O2S.ClH/c1-20(10-13-6-7-14(17)23-13)9-8-15(21)19-12-4-2-11(3-5-12)16(18)22;/h2-7H,8-10H2,1H3,(H2,18,22)(H,19,21);1H. The van der Waals surface area contributed by atoms with Gasteiger partial charge in [0.15, 0.2) is 0 Å². The number of anilines is 1. The van der Waals surface area contributed by atoms with Gasteiger partial charge in [0, 0.05) is 35.6 Å². The molecule has 8 heteroatoms. The van der Waals surface area contributed by atoms with E-state index in [9.17, 15) is 9.59 Å². The number of carbonyl (C=O) groups is 2. The summed E-state index contributed by atoms with van der Waals surface area (Å²) in [6, 6.07) is 10.4. The molecule has 1 aromatic carbocycles. The summed E-state index contributed by atoms with van der Waals surface area (Å²) in [6.45, 7) is 1.40. The van der Waals surface area contributed by atoms with Gasteiger partial charge in [0.25, 0.3) is 0 Å². The van der Waals surface area contributed by atoms with Crippen LogP contribution in [0.15, 0.2) is 36.4 Å². The maximum Gasteiger partial charge on any atom is 0.248 e. The van der Waals surface area contributed by atoms with E-state index in [1.807, 2.05) is 19.2 Å². The average molecular weight is 388 g/mol. The second-order valence-electron chi connectivity index (χ2n) is 5.18. The van der Waals surface area contributed by atoms with Gasteiger partial charge in [-0.1, -0.05) is 11.6 Å². The first-order valence-electron chi connectivity index (χ1n) is 7.06. The smallest absolute Gasteiger partial charge is 0.248 e. The quantitative estimate of drug-likeness (QED) is 0.764. The third kappa shape index (κ3) is 6.49. The summed E-state index contributed by atoms with van der Waals surface area (Å²) >= 11 is 7.44. The lowest BCUT2D eigenvalue weighted by Crippen LogP contribution is -2.23. The van der Waals surface area contributed by atoms with Gasteiger partial charge < -0.3 is 16.0 Å². The summed E-state index contributed by atoms with van der Waals surface area (Å²) in [5.74, 6) is -0.564. The van der Waals surface area contributed by atoms with Gasteiger partial charge in [0.05, 0.1) is 4.34 Å². The Hall–Kier alpha value is -1.60. The van der Waals surface area contributed by atoms with Crippen molar-refractivity contribution in [2.24, 2.45) is 5.73 Å². The van der Waals surface area contributed by atoms with E-state index in [2.05, 4.69) is 10.2 Å². The molecule has 0 spiro atoms. The molecule has 0 saturated carbocycles. The maximum atomic E-state index is 11.9. The lowest BCUT2D eigenvalue weighted by molar-refractivity contribution is -0.116. The fraction of sp³-hybridized carbons (Fsp3) is 0.250. The molecule has 1 heterocycles. The number of carbonyl (C=O) groups excluding carboxylic acids is 2. The van der Waals surface area contributed by atoms with Crippen molar-refractivity contribution in [1.82, 2.24) is 4.90 Å². The van der Waals surface area contributed by atoms with Gasteiger partial charge in [-0.15, -0.1) is 23.7 Å². The zero-order chi connectivity index (χ0) is 16.8. The van der Waals surface area contributed by atoms with Crippen molar-refractivity contribution in [2.75, 3.05) is 18.9 Å². The van der Waals surface area contributed by atoms with E-state index in [1.165, 1.54) is 4.88 Å². The van der Waals surface area contributed by atoms with E-state index in [4.69, 9.17) is 17.3 Å². The summed E-state index contributed by atoms with van der Waals surface area (Å²) < 4.78 is 0.769. The van der Waals surface area contributed by atoms with Crippen LogP contribution in [0.1, 0.15) is 21.7 Å². The highest BCUT2D eigenvalue weighted by atomic mass is 35.5. The molecule has 24 heavy (non-hydrogen) atoms. The van der Waals surface area contributed by atoms with Crippen LogP contribution in [0.3, 0.4) is 0 Å². The molecule has 0 radical (unpaired) electrons. The SMILES string of the molecule is CN(CCC(=O)Nc1ccc(C(N)=O)cc1)Cc1ccc(Cl)s1.Cl. The van der Waals surface area contributed by atoms with Crippen LogP contribution in [0, 0.1) is 0 Å². The summed E-state index contributed by atoms with van der Waals surface area (Å²) in [5, 5.41) is 2.80. The second kappa shape index (κ2) is 9.64. The average Bonchev–Trinajstić information content (AvgIpc) is 2.91. The van der Waals surface area contributed by atoms with Gasteiger partial charge in [0.1, 0.15) is 0 Å². The third-order valence-corrected chi connectivity index (χ3v) is 4.44. The molecule has 2 aromatic rings. The van der Waals surface area contributed by atoms with Crippen molar-refractivity contribution < 1.29 is 9.59 Å². The minimum Gasteiger partial charge on any atom is -0.366 e. The number of nitrogens with zero attached hydrogens (tertiary/aromatic N) is 1. The Labute approximate surface area is 156 Å². The van der Waals surface area contributed by atoms with Gasteiger partial charge in [-0.25, -0.2) is 0 Å². The van der Waals surface area contributed by atoms with E-state index in [1.54, 1.807) is 35.6 Å². The van der Waals surface area contributed by atoms with Crippen LogP contribution in [0.5, 0.6) is 0 Å². The molecule has 0 bridgehead atoms. The topological polar surface area (TPSA) is 75.4 Å². The number of amides is 2. The van der Waals surface area contributed by atoms with Crippen molar-refractivity contribution in [3.8, 4) is 0 Å². The molecular formula is C16H19Cl2N3O2S. The molecule has 2 amide bonds. The van der Waals surface area contributed by atoms with Gasteiger partial charge in [0.2, 0.25) is 11.8 Å². The van der Waals surface area contributed by atoms with Crippen LogP contribution >= 0.6 is 35.3 Å². The predicted molar refractivity (Wildman–Crippen MR) is 101 cm³/mol. The lowest BCUT2D eigenvalue weighted by atomic mass is 10.2. The van der Waals surface area contributed by atoms with Crippen LogP contribution in [0.25, 0.3) is 0 Å². The number of benzene rings is 1. The second-order valence-corrected chi connectivity index (χ2v) is 6.98. The number of halogens is 2. The Bertz CT molecular complexity index is 689. The van der Waals surface area contributed by atoms with E-state index < -0.39 is 5.91 Å². The van der Waals surface area contributed by atoms with Crippen LogP contribution in [0.2, 0.25) is 4.34 Å². The Morgan fingerprint density at radius 2 is 1.88 bits per heavy atom. The Morgan fingerprint density at radius 3 is 2.42 bits per heavy atom. The van der Waals surface area contributed by atoms with Crippen molar-refractivity contribution in [3.05, 3.63) is 51.2 Å². The number of hydrogen-bond acceptors (Lipinski definition) is 4. The highest BCUT2D eigenvalue weighted by Crippen LogP contribution is 2.22. The van der Waals surface area contributed by atoms with Crippen LogP contribution in [-0.4, -0.2) is 30.3 Å². The molecule has 0 saturated heterocycles. The van der Waals surface area contributed by atoms with E-state index >= 15 is 0 Å². The normalized spacial score (nSPS) is 10.3. The van der Waals surface area contributed by atoms with Crippen molar-refractivity contribution in [3.63, 3.8) is 0 Å². The fourth-order valence-electron chi connectivity index (χ4n) is 2.02. The van der Waals surface area contributed by atoms with Gasteiger partial charge >= 0.3 is 0 Å². The Balaban J connectivity index is 0.00000288. The molecule has 0 aliphatic rings. The molecule has 1 aromatic heterocycles. The van der Waals surface area contributed by atoms with E-state index in [0.717, 1.165) is 10.9 Å². The molecule has 130 valence electrons. The molecular weight excluding hydrogens is 369 g/mol. The molecule has 2 rings (SSSR count). The predicted octanol–water partition coefficient (Wildman–Crippen LogP) is 3.38. The number of nitrogens with one attached hydrogen (secondary N) is 1. The Morgan fingerprint density at radius 1 is 1.21 bits per heavy atom. The number of thiophene rings is 1. The first kappa shape index (κ1) is 20.4. The number of hydrogen-bond donors (Lipinski definition) is 2. The van der Waals surface area contributed by atoms with Crippen LogP contribution < -0.4 is 11.1 Å². The zero-order valence-corrected chi connectivity index (χ0v) is 15.5. The van der Waals surface area contributed by atoms with Crippen molar-refractivity contribution in [1.29, 1.82) is 0 Å². The van der Waals surface area contributed by atoms with Crippen molar-refractivity contribution >= 4 is 52.8 Å². The number of rotatable bonds is 7. The van der Waals surface area contributed by atoms with Crippen LogP contribution in [-0.2, 0) is 11.3 Å². The highest BCUT2D eigenvalue weighted by Gasteiger charge is 2.08. The minimum absolute atomic E-state index is 0. The first-order chi connectivity index (χ1) is 10.9. The molecule has 3 N–H and O–H groups in total. The first-order valence-corrected chi connectivity index (χ1v) is 8.26. The van der Waals surface area contributed by atoms with Crippen molar-refractivity contribution in [2.45, 2.75) is 13.0 Å². The number of nitrogens with two attached hydrogens (primary N) is 1. The third-order valence-electron chi connectivity index (χ3n) is 3.23. The molecule has 0 aliphatic heterocycles. The van der Waals surface area contributed by atoms with Gasteiger partial charge in [-0.2, -0.15) is 0 Å². The summed E-state index contributed by atoms with van der Waals surface area (Å²) in [5.41, 5.74) is 6.23. The molecule has 0 atom stereocenters. The summed E-state index contributed by atoms with van der Waals surface area (Å²) in [6.07, 6.45) is 0.382. The maximum absolute atomic E-state index is 11.9. The minimum atomic E-state index is -0.488. The summed E-state index contributed by atoms with van der Waals surface area (Å²) in [4.78, 5) is 26.2.